The summed E-state index contributed by atoms with van der Waals surface area (Å²) in [6.45, 7) is 5.78. The molecular weight excluding hydrogens is 282 g/mol. The fraction of sp³-hybridized carbons (Fsp3) is 0.529. The third-order valence-corrected chi connectivity index (χ3v) is 4.37. The molecule has 1 unspecified atom stereocenters. The molecule has 1 aliphatic rings. The normalized spacial score (nSPS) is 20.7. The molecule has 0 aliphatic carbocycles. The van der Waals surface area contributed by atoms with Gasteiger partial charge in [-0.05, 0) is 25.3 Å². The van der Waals surface area contributed by atoms with E-state index >= 15 is 0 Å². The number of carbonyl (C=O) groups excluding carboxylic acids is 2. The van der Waals surface area contributed by atoms with Crippen molar-refractivity contribution in [3.63, 3.8) is 0 Å². The molecule has 0 spiro atoms. The number of benzene rings is 1. The van der Waals surface area contributed by atoms with Crippen LogP contribution in [0, 0.1) is 5.41 Å². The number of hydrogen-bond donors (Lipinski definition) is 1. The van der Waals surface area contributed by atoms with E-state index in [-0.39, 0.29) is 12.5 Å². The Morgan fingerprint density at radius 2 is 1.91 bits per heavy atom. The van der Waals surface area contributed by atoms with Crippen molar-refractivity contribution in [2.24, 2.45) is 5.41 Å². The molecule has 0 radical (unpaired) electrons. The molecule has 5 heteroatoms. The van der Waals surface area contributed by atoms with E-state index in [0.717, 1.165) is 5.56 Å². The van der Waals surface area contributed by atoms with Gasteiger partial charge in [0.2, 0.25) is 5.91 Å². The molecule has 1 aromatic carbocycles. The van der Waals surface area contributed by atoms with Gasteiger partial charge in [-0.1, -0.05) is 44.2 Å². The van der Waals surface area contributed by atoms with Gasteiger partial charge in [0.15, 0.2) is 6.10 Å². The van der Waals surface area contributed by atoms with Crippen molar-refractivity contribution in [1.29, 1.82) is 0 Å². The molecule has 0 bridgehead atoms. The predicted octanol–water partition coefficient (Wildman–Crippen LogP) is 2.40. The molecule has 0 saturated carbocycles. The lowest BCUT2D eigenvalue weighted by Crippen LogP contribution is -2.68. The van der Waals surface area contributed by atoms with Gasteiger partial charge < -0.3 is 14.8 Å². The number of β-lactam (4-membered cyclic amide) rings is 1. The van der Waals surface area contributed by atoms with Crippen molar-refractivity contribution in [2.45, 2.75) is 52.6 Å². The van der Waals surface area contributed by atoms with Crippen molar-refractivity contribution < 1.29 is 19.1 Å². The first-order chi connectivity index (χ1) is 10.5. The molecule has 22 heavy (non-hydrogen) atoms. The van der Waals surface area contributed by atoms with Gasteiger partial charge in [-0.2, -0.15) is 0 Å². The first-order valence-electron chi connectivity index (χ1n) is 7.70. The minimum atomic E-state index is -0.716. The molecule has 2 rings (SSSR count). The average molecular weight is 305 g/mol. The Kier molecular flexibility index (Phi) is 5.19. The molecular formula is C17H23NO4. The van der Waals surface area contributed by atoms with E-state index in [1.165, 1.54) is 0 Å². The van der Waals surface area contributed by atoms with Crippen LogP contribution in [0.3, 0.4) is 0 Å². The quantitative estimate of drug-likeness (QED) is 0.620. The second-order valence-corrected chi connectivity index (χ2v) is 5.59. The van der Waals surface area contributed by atoms with Gasteiger partial charge in [0.1, 0.15) is 12.8 Å². The summed E-state index contributed by atoms with van der Waals surface area (Å²) in [5.41, 5.74) is 0.407. The summed E-state index contributed by atoms with van der Waals surface area (Å²) >= 11 is 0. The fourth-order valence-electron chi connectivity index (χ4n) is 2.65. The highest BCUT2D eigenvalue weighted by Crippen LogP contribution is 2.39. The first-order valence-corrected chi connectivity index (χ1v) is 7.70. The zero-order valence-electron chi connectivity index (χ0n) is 13.3. The highest BCUT2D eigenvalue weighted by atomic mass is 16.6. The van der Waals surface area contributed by atoms with Crippen molar-refractivity contribution >= 4 is 11.9 Å². The van der Waals surface area contributed by atoms with E-state index in [1.54, 1.807) is 6.92 Å². The van der Waals surface area contributed by atoms with Crippen LogP contribution in [0.5, 0.6) is 0 Å². The number of nitrogens with one attached hydrogen (secondary N) is 1. The highest BCUT2D eigenvalue weighted by molar-refractivity contribution is 5.89. The summed E-state index contributed by atoms with van der Waals surface area (Å²) in [7, 11) is 0. The molecule has 2 atom stereocenters. The Labute approximate surface area is 131 Å². The lowest BCUT2D eigenvalue weighted by atomic mass is 9.73. The molecule has 1 fully saturated rings. The Bertz CT molecular complexity index is 525. The fourth-order valence-corrected chi connectivity index (χ4v) is 2.65. The summed E-state index contributed by atoms with van der Waals surface area (Å²) in [5, 5.41) is 2.73. The second kappa shape index (κ2) is 6.92. The maximum atomic E-state index is 12.0. The van der Waals surface area contributed by atoms with E-state index in [0.29, 0.717) is 12.8 Å². The summed E-state index contributed by atoms with van der Waals surface area (Å²) in [6.07, 6.45) is 0.235. The monoisotopic (exact) mass is 305 g/mol. The highest BCUT2D eigenvalue weighted by Gasteiger charge is 2.54. The molecule has 1 aromatic rings. The van der Waals surface area contributed by atoms with E-state index in [1.807, 2.05) is 44.2 Å². The third-order valence-electron chi connectivity index (χ3n) is 4.37. The van der Waals surface area contributed by atoms with Gasteiger partial charge in [0.05, 0.1) is 5.41 Å². The number of hydrogen-bond acceptors (Lipinski definition) is 4. The van der Waals surface area contributed by atoms with E-state index < -0.39 is 23.7 Å². The van der Waals surface area contributed by atoms with E-state index in [2.05, 4.69) is 5.32 Å². The zero-order chi connectivity index (χ0) is 16.2. The first kappa shape index (κ1) is 16.5. The minimum Gasteiger partial charge on any atom is -0.459 e. The van der Waals surface area contributed by atoms with Gasteiger partial charge in [-0.25, -0.2) is 4.79 Å². The molecule has 0 aromatic heterocycles. The van der Waals surface area contributed by atoms with Crippen LogP contribution in [-0.2, 0) is 25.7 Å². The Balaban J connectivity index is 1.85. The van der Waals surface area contributed by atoms with Crippen LogP contribution < -0.4 is 5.32 Å². The van der Waals surface area contributed by atoms with Crippen molar-refractivity contribution in [1.82, 2.24) is 5.32 Å². The molecule has 1 N–H and O–H groups in total. The topological polar surface area (TPSA) is 64.6 Å². The Hall–Kier alpha value is -1.88. The molecule has 120 valence electrons. The van der Waals surface area contributed by atoms with Crippen molar-refractivity contribution in [3.05, 3.63) is 35.9 Å². The lowest BCUT2D eigenvalue weighted by Gasteiger charge is -2.47. The maximum Gasteiger partial charge on any atom is 0.335 e. The van der Waals surface area contributed by atoms with Crippen molar-refractivity contribution in [3.8, 4) is 0 Å². The molecule has 1 saturated heterocycles. The van der Waals surface area contributed by atoms with Gasteiger partial charge in [0.25, 0.3) is 0 Å². The number of carbonyl (C=O) groups is 2. The number of amides is 1. The third kappa shape index (κ3) is 3.14. The Morgan fingerprint density at radius 3 is 2.45 bits per heavy atom. The summed E-state index contributed by atoms with van der Waals surface area (Å²) in [5.74, 6) is -0.432. The van der Waals surface area contributed by atoms with Crippen LogP contribution in [0.2, 0.25) is 0 Å². The predicted molar refractivity (Wildman–Crippen MR) is 81.7 cm³/mol. The van der Waals surface area contributed by atoms with Crippen LogP contribution in [0.25, 0.3) is 0 Å². The van der Waals surface area contributed by atoms with E-state index in [9.17, 15) is 9.59 Å². The van der Waals surface area contributed by atoms with Crippen molar-refractivity contribution in [2.75, 3.05) is 0 Å². The van der Waals surface area contributed by atoms with Gasteiger partial charge in [-0.15, -0.1) is 0 Å². The number of rotatable bonds is 7. The Morgan fingerprint density at radius 1 is 1.27 bits per heavy atom. The maximum absolute atomic E-state index is 12.0. The molecule has 1 amide bonds. The minimum absolute atomic E-state index is 0.00708. The number of esters is 1. The summed E-state index contributed by atoms with van der Waals surface area (Å²) < 4.78 is 10.9. The van der Waals surface area contributed by atoms with Gasteiger partial charge >= 0.3 is 5.97 Å². The zero-order valence-corrected chi connectivity index (χ0v) is 13.3. The summed E-state index contributed by atoms with van der Waals surface area (Å²) in [6, 6.07) is 9.48. The molecule has 5 nitrogen and oxygen atoms in total. The van der Waals surface area contributed by atoms with Crippen LogP contribution in [-0.4, -0.2) is 24.2 Å². The number of ether oxygens (including phenoxy) is 2. The SMILES string of the molecule is CCC1(CC)C(=O)N[C@H]1OC(C)C(=O)OCc1ccccc1. The molecule has 1 heterocycles. The van der Waals surface area contributed by atoms with Crippen LogP contribution in [0.15, 0.2) is 30.3 Å². The summed E-state index contributed by atoms with van der Waals surface area (Å²) in [4.78, 5) is 23.8. The van der Waals surface area contributed by atoms with Crippen LogP contribution in [0.4, 0.5) is 0 Å². The van der Waals surface area contributed by atoms with Crippen LogP contribution >= 0.6 is 0 Å². The van der Waals surface area contributed by atoms with Crippen LogP contribution in [0.1, 0.15) is 39.2 Å². The van der Waals surface area contributed by atoms with E-state index in [4.69, 9.17) is 9.47 Å². The standard InChI is InChI=1S/C17H23NO4/c1-4-17(5-2)15(20)18-16(17)22-12(3)14(19)21-11-13-9-7-6-8-10-13/h6-10,12,16H,4-5,11H2,1-3H3,(H,18,20)/t12?,16-/m0/s1. The largest absolute Gasteiger partial charge is 0.459 e. The van der Waals surface area contributed by atoms with Gasteiger partial charge in [0, 0.05) is 0 Å². The molecule has 1 aliphatic heterocycles. The smallest absolute Gasteiger partial charge is 0.335 e. The lowest BCUT2D eigenvalue weighted by molar-refractivity contribution is -0.194. The average Bonchev–Trinajstić information content (AvgIpc) is 2.54. The second-order valence-electron chi connectivity index (χ2n) is 5.59. The van der Waals surface area contributed by atoms with Gasteiger partial charge in [-0.3, -0.25) is 4.79 Å².